The van der Waals surface area contributed by atoms with E-state index in [2.05, 4.69) is 119 Å². The molecular formula is C38H38BNOS. The molecule has 0 fully saturated rings. The van der Waals surface area contributed by atoms with E-state index in [0.717, 1.165) is 17.9 Å². The van der Waals surface area contributed by atoms with Gasteiger partial charge in [-0.2, -0.15) is 0 Å². The molecule has 3 aliphatic rings. The Labute approximate surface area is 254 Å². The largest absolute Gasteiger partial charge is 0.458 e. The summed E-state index contributed by atoms with van der Waals surface area (Å²) in [5.74, 6) is 1.97. The summed E-state index contributed by atoms with van der Waals surface area (Å²) in [6.45, 7) is 14.3. The molecular weight excluding hydrogens is 529 g/mol. The van der Waals surface area contributed by atoms with Gasteiger partial charge in [0, 0.05) is 26.2 Å². The van der Waals surface area contributed by atoms with Crippen LogP contribution in [-0.4, -0.2) is 6.71 Å². The normalized spacial score (nSPS) is 17.0. The highest BCUT2D eigenvalue weighted by atomic mass is 32.1. The number of nitrogens with zero attached hydrogens (tertiary/aromatic N) is 1. The molecule has 0 saturated heterocycles. The number of hydrogen-bond acceptors (Lipinski definition) is 3. The van der Waals surface area contributed by atoms with Gasteiger partial charge in [-0.05, 0) is 113 Å². The van der Waals surface area contributed by atoms with E-state index in [1.807, 2.05) is 11.3 Å². The molecule has 0 radical (unpaired) electrons. The van der Waals surface area contributed by atoms with Crippen LogP contribution < -0.4 is 25.3 Å². The molecule has 0 saturated carbocycles. The Kier molecular flexibility index (Phi) is 5.61. The first-order valence-electron chi connectivity index (χ1n) is 15.6. The van der Waals surface area contributed by atoms with Gasteiger partial charge >= 0.3 is 0 Å². The van der Waals surface area contributed by atoms with E-state index >= 15 is 0 Å². The molecule has 42 heavy (non-hydrogen) atoms. The van der Waals surface area contributed by atoms with Crippen LogP contribution in [0.3, 0.4) is 0 Å². The quantitative estimate of drug-likeness (QED) is 0.197. The van der Waals surface area contributed by atoms with Gasteiger partial charge in [0.15, 0.2) is 0 Å². The van der Waals surface area contributed by atoms with Crippen LogP contribution in [0.25, 0.3) is 10.1 Å². The molecule has 2 nitrogen and oxygen atoms in total. The van der Waals surface area contributed by atoms with Crippen LogP contribution in [0.4, 0.5) is 17.1 Å². The van der Waals surface area contributed by atoms with Crippen LogP contribution in [-0.2, 0) is 17.3 Å². The van der Waals surface area contributed by atoms with Gasteiger partial charge in [0.1, 0.15) is 11.5 Å². The highest BCUT2D eigenvalue weighted by Gasteiger charge is 2.46. The summed E-state index contributed by atoms with van der Waals surface area (Å²) in [6.07, 6.45) is 4.72. The van der Waals surface area contributed by atoms with Crippen LogP contribution in [0.2, 0.25) is 0 Å². The summed E-state index contributed by atoms with van der Waals surface area (Å²) in [5.41, 5.74) is 12.4. The fraction of sp³-hybridized carbons (Fsp3) is 0.316. The molecule has 0 N–H and O–H groups in total. The molecule has 0 amide bonds. The summed E-state index contributed by atoms with van der Waals surface area (Å²) < 4.78 is 9.44. The summed E-state index contributed by atoms with van der Waals surface area (Å²) in [7, 11) is 0. The number of fused-ring (bicyclic) bond motifs is 7. The second-order valence-electron chi connectivity index (χ2n) is 14.0. The fourth-order valence-corrected chi connectivity index (χ4v) is 9.58. The lowest BCUT2D eigenvalue weighted by Gasteiger charge is -2.39. The average molecular weight is 568 g/mol. The highest BCUT2D eigenvalue weighted by Crippen LogP contribution is 2.52. The lowest BCUT2D eigenvalue weighted by atomic mass is 9.37. The summed E-state index contributed by atoms with van der Waals surface area (Å²) >= 11 is 1.97. The van der Waals surface area contributed by atoms with Crippen molar-refractivity contribution in [2.75, 3.05) is 4.90 Å². The van der Waals surface area contributed by atoms with Crippen LogP contribution >= 0.6 is 11.3 Å². The van der Waals surface area contributed by atoms with Crippen LogP contribution in [0.1, 0.15) is 76.1 Å². The maximum absolute atomic E-state index is 6.65. The maximum Gasteiger partial charge on any atom is 0.268 e. The molecule has 210 valence electrons. The number of hydrogen-bond donors (Lipinski definition) is 0. The van der Waals surface area contributed by atoms with E-state index < -0.39 is 0 Å². The van der Waals surface area contributed by atoms with Gasteiger partial charge in [0.2, 0.25) is 0 Å². The third kappa shape index (κ3) is 3.70. The molecule has 3 heterocycles. The van der Waals surface area contributed by atoms with E-state index in [1.54, 1.807) is 0 Å². The van der Waals surface area contributed by atoms with Crippen molar-refractivity contribution in [2.45, 2.75) is 78.1 Å². The second kappa shape index (κ2) is 9.00. The number of unbranched alkanes of at least 4 members (excludes halogenated alkanes) is 1. The number of thiophene rings is 1. The van der Waals surface area contributed by atoms with Gasteiger partial charge in [0.05, 0.1) is 5.69 Å². The lowest BCUT2D eigenvalue weighted by molar-refractivity contribution is 0.403. The van der Waals surface area contributed by atoms with Gasteiger partial charge in [-0.25, -0.2) is 0 Å². The van der Waals surface area contributed by atoms with Gasteiger partial charge in [0.25, 0.3) is 6.71 Å². The Morgan fingerprint density at radius 1 is 0.881 bits per heavy atom. The van der Waals surface area contributed by atoms with Crippen molar-refractivity contribution in [3.8, 4) is 11.5 Å². The van der Waals surface area contributed by atoms with E-state index in [4.69, 9.17) is 4.74 Å². The van der Waals surface area contributed by atoms with Crippen molar-refractivity contribution in [2.24, 2.45) is 0 Å². The fourth-order valence-electron chi connectivity index (χ4n) is 8.28. The standard InChI is InChI=1S/C38H38BNOS/c1-7-8-11-24-14-17-33-26(20-24)35-36(42-33)39-29-12-9-10-13-31(29)41-32-19-23(2)18-30(34(32)39)40(35)25-15-16-27-28(21-25)38(5,6)22-37(27,3)4/h9-10,12-21H,7-8,11,22H2,1-6H3. The Balaban J connectivity index is 1.44. The molecule has 0 atom stereocenters. The molecule has 1 aliphatic carbocycles. The van der Waals surface area contributed by atoms with Gasteiger partial charge in [-0.1, -0.05) is 71.4 Å². The van der Waals surface area contributed by atoms with Crippen LogP contribution in [0.15, 0.2) is 72.8 Å². The number of rotatable bonds is 4. The molecule has 2 aliphatic heterocycles. The first-order valence-corrected chi connectivity index (χ1v) is 16.4. The minimum atomic E-state index is 0.133. The summed E-state index contributed by atoms with van der Waals surface area (Å²) in [4.78, 5) is 2.58. The van der Waals surface area contributed by atoms with Crippen molar-refractivity contribution in [1.82, 2.24) is 0 Å². The highest BCUT2D eigenvalue weighted by molar-refractivity contribution is 7.33. The van der Waals surface area contributed by atoms with E-state index in [-0.39, 0.29) is 17.5 Å². The Morgan fingerprint density at radius 3 is 2.52 bits per heavy atom. The van der Waals surface area contributed by atoms with Crippen molar-refractivity contribution in [1.29, 1.82) is 0 Å². The molecule has 0 bridgehead atoms. The molecule has 5 aromatic rings. The van der Waals surface area contributed by atoms with Crippen molar-refractivity contribution < 1.29 is 4.74 Å². The number of ether oxygens (including phenoxy) is 1. The Bertz CT molecular complexity index is 1910. The Morgan fingerprint density at radius 2 is 1.69 bits per heavy atom. The number of para-hydroxylation sites is 1. The first kappa shape index (κ1) is 26.2. The zero-order chi connectivity index (χ0) is 29.0. The van der Waals surface area contributed by atoms with Gasteiger partial charge in [-0.3, -0.25) is 0 Å². The minimum absolute atomic E-state index is 0.133. The second-order valence-corrected chi connectivity index (χ2v) is 15.1. The molecule has 4 heteroatoms. The van der Waals surface area contributed by atoms with Crippen molar-refractivity contribution in [3.05, 3.63) is 95.1 Å². The first-order chi connectivity index (χ1) is 20.2. The topological polar surface area (TPSA) is 12.5 Å². The average Bonchev–Trinajstić information content (AvgIpc) is 3.41. The molecule has 0 spiro atoms. The lowest BCUT2D eigenvalue weighted by Crippen LogP contribution is -2.58. The van der Waals surface area contributed by atoms with E-state index in [9.17, 15) is 0 Å². The van der Waals surface area contributed by atoms with Crippen molar-refractivity contribution >= 4 is 60.9 Å². The number of anilines is 3. The zero-order valence-electron chi connectivity index (χ0n) is 25.6. The van der Waals surface area contributed by atoms with Crippen molar-refractivity contribution in [3.63, 3.8) is 0 Å². The molecule has 8 rings (SSSR count). The van der Waals surface area contributed by atoms with Crippen LogP contribution in [0.5, 0.6) is 11.5 Å². The third-order valence-electron chi connectivity index (χ3n) is 9.90. The maximum atomic E-state index is 6.65. The SMILES string of the molecule is CCCCc1ccc2sc3c(c2c1)N(c1ccc2c(c1)C(C)(C)CC2(C)C)c1cc(C)cc2c1B3c1ccccc1O2. The molecule has 4 aromatic carbocycles. The van der Waals surface area contributed by atoms with E-state index in [0.29, 0.717) is 0 Å². The predicted octanol–water partition coefficient (Wildman–Crippen LogP) is 8.92. The minimum Gasteiger partial charge on any atom is -0.458 e. The van der Waals surface area contributed by atoms with E-state index in [1.165, 1.54) is 84.4 Å². The van der Waals surface area contributed by atoms with Crippen LogP contribution in [0, 0.1) is 6.92 Å². The van der Waals surface area contributed by atoms with Gasteiger partial charge in [-0.15, -0.1) is 11.3 Å². The molecule has 1 aromatic heterocycles. The smallest absolute Gasteiger partial charge is 0.268 e. The summed E-state index contributed by atoms with van der Waals surface area (Å²) in [6, 6.07) is 27.8. The Hall–Kier alpha value is -3.50. The predicted molar refractivity (Wildman–Crippen MR) is 182 cm³/mol. The van der Waals surface area contributed by atoms with Gasteiger partial charge < -0.3 is 9.64 Å². The zero-order valence-corrected chi connectivity index (χ0v) is 26.4. The third-order valence-corrected chi connectivity index (χ3v) is 11.1. The number of benzene rings is 4. The summed E-state index contributed by atoms with van der Waals surface area (Å²) in [5, 5.41) is 1.38. The monoisotopic (exact) mass is 567 g/mol. The molecule has 0 unspecified atom stereocenters. The number of aryl methyl sites for hydroxylation is 2.